The minimum atomic E-state index is -0.600. The molecule has 12 aromatic carbocycles. The zero-order chi connectivity index (χ0) is 47.1. The van der Waals surface area contributed by atoms with Gasteiger partial charge >= 0.3 is 0 Å². The highest BCUT2D eigenvalue weighted by Gasteiger charge is 2.52. The molecule has 1 unspecified atom stereocenters. The number of hydrogen-bond donors (Lipinski definition) is 0. The molecule has 1 atom stereocenters. The van der Waals surface area contributed by atoms with Gasteiger partial charge < -0.3 is 9.47 Å². The summed E-state index contributed by atoms with van der Waals surface area (Å²) in [6.07, 6.45) is 0. The number of benzene rings is 12. The number of anilines is 3. The van der Waals surface area contributed by atoms with Gasteiger partial charge in [-0.2, -0.15) is 0 Å². The normalized spacial score (nSPS) is 15.4. The number of aromatic nitrogens is 1. The van der Waals surface area contributed by atoms with E-state index in [0.29, 0.717) is 0 Å². The first-order valence-corrected chi connectivity index (χ1v) is 25.2. The van der Waals surface area contributed by atoms with Gasteiger partial charge in [0.2, 0.25) is 0 Å². The maximum Gasteiger partial charge on any atom is 0.0755 e. The number of nitrogens with zero attached hydrogens (tertiary/aromatic N) is 2. The first kappa shape index (κ1) is 39.6. The lowest BCUT2D eigenvalue weighted by molar-refractivity contribution is 0.748. The van der Waals surface area contributed by atoms with Crippen molar-refractivity contribution in [2.24, 2.45) is 0 Å². The van der Waals surface area contributed by atoms with Gasteiger partial charge in [-0.15, -0.1) is 0 Å². The highest BCUT2D eigenvalue weighted by atomic mass is 15.1. The Labute approximate surface area is 418 Å². The fraction of sp³-hybridized carbons (Fsp3) is 0.0286. The molecule has 1 spiro atoms. The predicted molar refractivity (Wildman–Crippen MR) is 299 cm³/mol. The summed E-state index contributed by atoms with van der Waals surface area (Å²) >= 11 is 0. The second kappa shape index (κ2) is 14.6. The van der Waals surface area contributed by atoms with Crippen molar-refractivity contribution in [1.82, 2.24) is 4.57 Å². The summed E-state index contributed by atoms with van der Waals surface area (Å²) in [6.45, 7) is 0. The first-order chi connectivity index (χ1) is 35.7. The SMILES string of the molecule is c1ccc(C2(c3ccccc3)c3ccccc3-c3c(N(c4ccc5c(c4)C4(c6ccccc6-5)c5ccccc5-n5c6ccccc6c6cccc4c65)c4ccc5c(ccc6ccccc65)c4)cccc32)cc1. The van der Waals surface area contributed by atoms with Crippen molar-refractivity contribution in [3.63, 3.8) is 0 Å². The average Bonchev–Trinajstić information content (AvgIpc) is 4.06. The molecule has 16 rings (SSSR count). The summed E-state index contributed by atoms with van der Waals surface area (Å²) < 4.78 is 2.53. The lowest BCUT2D eigenvalue weighted by atomic mass is 9.65. The van der Waals surface area contributed by atoms with E-state index < -0.39 is 10.8 Å². The Balaban J connectivity index is 1.02. The van der Waals surface area contributed by atoms with Crippen LogP contribution in [0.5, 0.6) is 0 Å². The van der Waals surface area contributed by atoms with Crippen molar-refractivity contribution < 1.29 is 0 Å². The first-order valence-electron chi connectivity index (χ1n) is 25.2. The molecule has 2 nitrogen and oxygen atoms in total. The highest BCUT2D eigenvalue weighted by Crippen LogP contribution is 2.63. The molecular formula is C70H44N2. The van der Waals surface area contributed by atoms with Crippen molar-refractivity contribution in [2.45, 2.75) is 10.8 Å². The second-order valence-electron chi connectivity index (χ2n) is 19.9. The molecule has 0 saturated heterocycles. The van der Waals surface area contributed by atoms with Crippen LogP contribution in [0, 0.1) is 0 Å². The molecule has 1 aliphatic heterocycles. The van der Waals surface area contributed by atoms with Crippen LogP contribution in [-0.4, -0.2) is 4.57 Å². The maximum absolute atomic E-state index is 2.57. The fourth-order valence-corrected chi connectivity index (χ4v) is 13.9. The molecule has 0 bridgehead atoms. The van der Waals surface area contributed by atoms with Gasteiger partial charge in [-0.25, -0.2) is 0 Å². The number of rotatable bonds is 5. The minimum Gasteiger partial charge on any atom is -0.310 e. The lowest BCUT2D eigenvalue weighted by Crippen LogP contribution is -2.33. The molecule has 3 aliphatic rings. The summed E-state index contributed by atoms with van der Waals surface area (Å²) in [6, 6.07) is 101. The van der Waals surface area contributed by atoms with E-state index in [4.69, 9.17) is 0 Å². The van der Waals surface area contributed by atoms with Crippen LogP contribution >= 0.6 is 0 Å². The quantitative estimate of drug-likeness (QED) is 0.156. The van der Waals surface area contributed by atoms with E-state index in [1.807, 2.05) is 0 Å². The number of para-hydroxylation sites is 3. The van der Waals surface area contributed by atoms with Crippen LogP contribution in [0.15, 0.2) is 267 Å². The van der Waals surface area contributed by atoms with E-state index in [2.05, 4.69) is 276 Å². The van der Waals surface area contributed by atoms with E-state index in [-0.39, 0.29) is 0 Å². The van der Waals surface area contributed by atoms with Gasteiger partial charge in [-0.05, 0) is 125 Å². The molecule has 1 aromatic heterocycles. The Kier molecular flexibility index (Phi) is 8.05. The van der Waals surface area contributed by atoms with Gasteiger partial charge in [0.05, 0.1) is 33.2 Å². The van der Waals surface area contributed by atoms with Gasteiger partial charge in [0.1, 0.15) is 0 Å². The number of fused-ring (bicyclic) bond motifs is 18. The summed E-state index contributed by atoms with van der Waals surface area (Å²) in [5.41, 5.74) is 21.3. The van der Waals surface area contributed by atoms with Crippen molar-refractivity contribution >= 4 is 60.4 Å². The summed E-state index contributed by atoms with van der Waals surface area (Å²) in [5.74, 6) is 0. The van der Waals surface area contributed by atoms with Crippen LogP contribution in [0.25, 0.3) is 71.3 Å². The fourth-order valence-electron chi connectivity index (χ4n) is 13.9. The van der Waals surface area contributed by atoms with Crippen molar-refractivity contribution in [1.29, 1.82) is 0 Å². The van der Waals surface area contributed by atoms with E-state index in [0.717, 1.165) is 17.1 Å². The zero-order valence-corrected chi connectivity index (χ0v) is 39.3. The van der Waals surface area contributed by atoms with Crippen LogP contribution in [0.3, 0.4) is 0 Å². The Morgan fingerprint density at radius 3 is 1.68 bits per heavy atom. The second-order valence-corrected chi connectivity index (χ2v) is 19.9. The largest absolute Gasteiger partial charge is 0.310 e. The van der Waals surface area contributed by atoms with Crippen molar-refractivity contribution in [3.05, 3.63) is 311 Å². The maximum atomic E-state index is 2.57. The number of hydrogen-bond acceptors (Lipinski definition) is 1. The Hall–Kier alpha value is -9.24. The molecule has 2 aliphatic carbocycles. The Morgan fingerprint density at radius 2 is 0.861 bits per heavy atom. The summed E-state index contributed by atoms with van der Waals surface area (Å²) in [5, 5.41) is 7.52. The van der Waals surface area contributed by atoms with Crippen LogP contribution < -0.4 is 4.90 Å². The summed E-state index contributed by atoms with van der Waals surface area (Å²) in [4.78, 5) is 2.57. The van der Waals surface area contributed by atoms with Gasteiger partial charge in [0, 0.05) is 27.7 Å². The van der Waals surface area contributed by atoms with Crippen LogP contribution in [-0.2, 0) is 10.8 Å². The molecule has 13 aromatic rings. The lowest BCUT2D eigenvalue weighted by Gasteiger charge is -2.40. The Morgan fingerprint density at radius 1 is 0.306 bits per heavy atom. The van der Waals surface area contributed by atoms with E-state index >= 15 is 0 Å². The third-order valence-electron chi connectivity index (χ3n) is 16.6. The van der Waals surface area contributed by atoms with Crippen LogP contribution in [0.4, 0.5) is 17.1 Å². The smallest absolute Gasteiger partial charge is 0.0755 e. The van der Waals surface area contributed by atoms with Crippen LogP contribution in [0.2, 0.25) is 0 Å². The summed E-state index contributed by atoms with van der Waals surface area (Å²) in [7, 11) is 0. The highest BCUT2D eigenvalue weighted by molar-refractivity contribution is 6.13. The van der Waals surface area contributed by atoms with Gasteiger partial charge in [-0.1, -0.05) is 224 Å². The van der Waals surface area contributed by atoms with E-state index in [9.17, 15) is 0 Å². The van der Waals surface area contributed by atoms with E-state index in [1.165, 1.54) is 116 Å². The van der Waals surface area contributed by atoms with Gasteiger partial charge in [-0.3, -0.25) is 0 Å². The molecule has 2 heterocycles. The molecule has 0 amide bonds. The van der Waals surface area contributed by atoms with Crippen molar-refractivity contribution in [2.75, 3.05) is 4.90 Å². The average molecular weight is 913 g/mol. The molecule has 334 valence electrons. The molecule has 0 saturated carbocycles. The molecule has 0 fully saturated rings. The molecule has 0 N–H and O–H groups in total. The Bertz CT molecular complexity index is 4370. The standard InChI is InChI=1S/C70H44N2/c1-3-20-47(21-4-1)69(48-22-5-2-6-23-48)59-30-13-10-27-57(59)67-61(69)32-18-36-66(67)71(49-39-41-52-46(43-49)38-37-45-19-7-8-24-51(45)52)50-40-42-54-53-25-9-12-29-58(53)70(63(54)44-50)60-31-14-16-35-65(60)72-64-34-15-11-26-55(64)56-28-17-33-62(70)68(56)72/h1-44H. The molecule has 2 heteroatoms. The monoisotopic (exact) mass is 912 g/mol. The van der Waals surface area contributed by atoms with Gasteiger partial charge in [0.15, 0.2) is 0 Å². The van der Waals surface area contributed by atoms with Gasteiger partial charge in [0.25, 0.3) is 0 Å². The van der Waals surface area contributed by atoms with E-state index in [1.54, 1.807) is 0 Å². The zero-order valence-electron chi connectivity index (χ0n) is 39.3. The third kappa shape index (κ3) is 4.98. The molecule has 72 heavy (non-hydrogen) atoms. The molecular weight excluding hydrogens is 869 g/mol. The predicted octanol–water partition coefficient (Wildman–Crippen LogP) is 17.6. The minimum absolute atomic E-state index is 0.551. The third-order valence-corrected chi connectivity index (χ3v) is 16.6. The molecule has 0 radical (unpaired) electrons. The topological polar surface area (TPSA) is 8.17 Å². The van der Waals surface area contributed by atoms with Crippen LogP contribution in [0.1, 0.15) is 44.5 Å². The van der Waals surface area contributed by atoms with Crippen molar-refractivity contribution in [3.8, 4) is 27.9 Å².